The number of amides is 1. The highest BCUT2D eigenvalue weighted by Crippen LogP contribution is 2.15. The number of nitrogens with zero attached hydrogens (tertiary/aromatic N) is 2. The van der Waals surface area contributed by atoms with Crippen molar-refractivity contribution < 1.29 is 4.79 Å². The SMILES string of the molecule is Cc1nnc(NNC(=O)Cc2ccccc2Cl)[nH]c1=O. The van der Waals surface area contributed by atoms with E-state index < -0.39 is 0 Å². The zero-order valence-electron chi connectivity index (χ0n) is 10.6. The van der Waals surface area contributed by atoms with Gasteiger partial charge in [0.2, 0.25) is 11.9 Å². The van der Waals surface area contributed by atoms with E-state index in [4.69, 9.17) is 11.6 Å². The number of carbonyl (C=O) groups excluding carboxylic acids is 1. The van der Waals surface area contributed by atoms with Crippen LogP contribution in [0.5, 0.6) is 0 Å². The quantitative estimate of drug-likeness (QED) is 0.725. The van der Waals surface area contributed by atoms with Crippen molar-refractivity contribution in [1.29, 1.82) is 0 Å². The Hall–Kier alpha value is -2.41. The average Bonchev–Trinajstić information content (AvgIpc) is 2.43. The van der Waals surface area contributed by atoms with Crippen LogP contribution in [0.1, 0.15) is 11.3 Å². The number of H-pyrrole nitrogens is 1. The van der Waals surface area contributed by atoms with Crippen molar-refractivity contribution in [3.05, 3.63) is 50.9 Å². The van der Waals surface area contributed by atoms with Crippen LogP contribution in [0.2, 0.25) is 5.02 Å². The monoisotopic (exact) mass is 293 g/mol. The van der Waals surface area contributed by atoms with E-state index in [0.717, 1.165) is 0 Å². The number of hydrogen-bond acceptors (Lipinski definition) is 5. The van der Waals surface area contributed by atoms with Gasteiger partial charge < -0.3 is 0 Å². The number of carbonyl (C=O) groups is 1. The zero-order valence-corrected chi connectivity index (χ0v) is 11.4. The molecule has 0 aliphatic carbocycles. The van der Waals surface area contributed by atoms with Gasteiger partial charge in [0.1, 0.15) is 5.69 Å². The van der Waals surface area contributed by atoms with E-state index in [1.54, 1.807) is 24.3 Å². The van der Waals surface area contributed by atoms with Gasteiger partial charge in [-0.1, -0.05) is 29.8 Å². The number of halogens is 1. The smallest absolute Gasteiger partial charge is 0.274 e. The molecule has 0 unspecified atom stereocenters. The molecule has 0 radical (unpaired) electrons. The Bertz CT molecular complexity index is 686. The maximum atomic E-state index is 11.7. The normalized spacial score (nSPS) is 10.1. The third kappa shape index (κ3) is 3.55. The second-order valence-corrected chi connectivity index (χ2v) is 4.44. The maximum Gasteiger partial charge on any atom is 0.274 e. The molecule has 0 saturated heterocycles. The summed E-state index contributed by atoms with van der Waals surface area (Å²) in [6, 6.07) is 7.05. The topological polar surface area (TPSA) is 99.8 Å². The highest BCUT2D eigenvalue weighted by Gasteiger charge is 2.07. The van der Waals surface area contributed by atoms with E-state index in [2.05, 4.69) is 26.0 Å². The van der Waals surface area contributed by atoms with Gasteiger partial charge in [0.15, 0.2) is 0 Å². The Labute approximate surface area is 119 Å². The fourth-order valence-corrected chi connectivity index (χ4v) is 1.64. The van der Waals surface area contributed by atoms with Gasteiger partial charge in [-0.3, -0.25) is 25.4 Å². The van der Waals surface area contributed by atoms with E-state index in [0.29, 0.717) is 10.6 Å². The first-order valence-corrected chi connectivity index (χ1v) is 6.16. The molecule has 7 nitrogen and oxygen atoms in total. The van der Waals surface area contributed by atoms with Crippen LogP contribution >= 0.6 is 11.6 Å². The fraction of sp³-hybridized carbons (Fsp3) is 0.167. The number of hydrogen-bond donors (Lipinski definition) is 3. The summed E-state index contributed by atoms with van der Waals surface area (Å²) in [5, 5.41) is 7.82. The predicted molar refractivity (Wildman–Crippen MR) is 74.3 cm³/mol. The third-order valence-electron chi connectivity index (χ3n) is 2.49. The van der Waals surface area contributed by atoms with Gasteiger partial charge in [0.05, 0.1) is 6.42 Å². The molecule has 0 spiro atoms. The van der Waals surface area contributed by atoms with Crippen LogP contribution in [0.15, 0.2) is 29.1 Å². The predicted octanol–water partition coefficient (Wildman–Crippen LogP) is 0.813. The lowest BCUT2D eigenvalue weighted by atomic mass is 10.1. The molecule has 0 bridgehead atoms. The lowest BCUT2D eigenvalue weighted by Crippen LogP contribution is -2.33. The van der Waals surface area contributed by atoms with Gasteiger partial charge in [-0.25, -0.2) is 0 Å². The number of nitrogens with one attached hydrogen (secondary N) is 3. The molecule has 0 fully saturated rings. The Morgan fingerprint density at radius 1 is 1.35 bits per heavy atom. The third-order valence-corrected chi connectivity index (χ3v) is 2.86. The first kappa shape index (κ1) is 14.0. The lowest BCUT2D eigenvalue weighted by molar-refractivity contribution is -0.119. The van der Waals surface area contributed by atoms with Crippen LogP contribution in [-0.4, -0.2) is 21.1 Å². The molecule has 2 rings (SSSR count). The van der Waals surface area contributed by atoms with Gasteiger partial charge in [-0.05, 0) is 18.6 Å². The molecule has 1 aromatic carbocycles. The Balaban J connectivity index is 1.94. The van der Waals surface area contributed by atoms with E-state index in [1.165, 1.54) is 6.92 Å². The highest BCUT2D eigenvalue weighted by molar-refractivity contribution is 6.31. The van der Waals surface area contributed by atoms with Crippen molar-refractivity contribution in [2.45, 2.75) is 13.3 Å². The van der Waals surface area contributed by atoms with E-state index in [9.17, 15) is 9.59 Å². The molecule has 0 aliphatic heterocycles. The van der Waals surface area contributed by atoms with Crippen molar-refractivity contribution in [2.24, 2.45) is 0 Å². The molecule has 104 valence electrons. The number of rotatable bonds is 4. The first-order valence-electron chi connectivity index (χ1n) is 5.78. The summed E-state index contributed by atoms with van der Waals surface area (Å²) in [5.74, 6) is -0.255. The maximum absolute atomic E-state index is 11.7. The van der Waals surface area contributed by atoms with Crippen molar-refractivity contribution in [3.8, 4) is 0 Å². The summed E-state index contributed by atoms with van der Waals surface area (Å²) in [6.45, 7) is 1.53. The van der Waals surface area contributed by atoms with Crippen molar-refractivity contribution in [2.75, 3.05) is 5.43 Å². The van der Waals surface area contributed by atoms with Crippen molar-refractivity contribution in [1.82, 2.24) is 20.6 Å². The van der Waals surface area contributed by atoms with Crippen LogP contribution in [-0.2, 0) is 11.2 Å². The largest absolute Gasteiger partial charge is 0.288 e. The molecular formula is C12H12ClN5O2. The summed E-state index contributed by atoms with van der Waals surface area (Å²) >= 11 is 5.95. The molecule has 2 aromatic rings. The standard InChI is InChI=1S/C12H12ClN5O2/c1-7-11(20)14-12(17-15-7)18-16-10(19)6-8-4-2-3-5-9(8)13/h2-5H,6H2,1H3,(H,16,19)(H2,14,17,18,20). The van der Waals surface area contributed by atoms with Gasteiger partial charge in [-0.2, -0.15) is 0 Å². The van der Waals surface area contributed by atoms with Crippen LogP contribution in [0.25, 0.3) is 0 Å². The van der Waals surface area contributed by atoms with E-state index in [1.807, 2.05) is 0 Å². The summed E-state index contributed by atoms with van der Waals surface area (Å²) < 4.78 is 0. The average molecular weight is 294 g/mol. The Kier molecular flexibility index (Phi) is 4.31. The van der Waals surface area contributed by atoms with Crippen LogP contribution in [0.3, 0.4) is 0 Å². The molecular weight excluding hydrogens is 282 g/mol. The summed E-state index contributed by atoms with van der Waals surface area (Å²) in [6.07, 6.45) is 0.107. The molecule has 1 heterocycles. The van der Waals surface area contributed by atoms with Gasteiger partial charge in [-0.15, -0.1) is 10.2 Å². The number of aryl methyl sites for hydroxylation is 1. The molecule has 1 amide bonds. The number of aromatic nitrogens is 3. The van der Waals surface area contributed by atoms with Gasteiger partial charge in [0.25, 0.3) is 5.56 Å². The second-order valence-electron chi connectivity index (χ2n) is 4.03. The second kappa shape index (κ2) is 6.16. The number of benzene rings is 1. The van der Waals surface area contributed by atoms with Gasteiger partial charge >= 0.3 is 0 Å². The summed E-state index contributed by atoms with van der Waals surface area (Å²) in [5.41, 5.74) is 5.46. The minimum Gasteiger partial charge on any atom is -0.288 e. The minimum absolute atomic E-state index is 0.0631. The van der Waals surface area contributed by atoms with Crippen molar-refractivity contribution >= 4 is 23.5 Å². The van der Waals surface area contributed by atoms with Crippen LogP contribution < -0.4 is 16.4 Å². The molecule has 8 heteroatoms. The first-order chi connectivity index (χ1) is 9.56. The molecule has 0 atom stereocenters. The van der Waals surface area contributed by atoms with Gasteiger partial charge in [0, 0.05) is 5.02 Å². The lowest BCUT2D eigenvalue weighted by Gasteiger charge is -2.07. The number of anilines is 1. The fourth-order valence-electron chi connectivity index (χ4n) is 1.44. The molecule has 0 saturated carbocycles. The summed E-state index contributed by atoms with van der Waals surface area (Å²) in [7, 11) is 0. The van der Waals surface area contributed by atoms with Crippen LogP contribution in [0.4, 0.5) is 5.95 Å². The molecule has 1 aromatic heterocycles. The van der Waals surface area contributed by atoms with Crippen LogP contribution in [0, 0.1) is 6.92 Å². The summed E-state index contributed by atoms with van der Waals surface area (Å²) in [4.78, 5) is 25.4. The zero-order chi connectivity index (χ0) is 14.5. The molecule has 0 aliphatic rings. The number of aromatic amines is 1. The molecule has 3 N–H and O–H groups in total. The minimum atomic E-state index is -0.372. The highest BCUT2D eigenvalue weighted by atomic mass is 35.5. The molecule has 20 heavy (non-hydrogen) atoms. The van der Waals surface area contributed by atoms with E-state index in [-0.39, 0.29) is 29.5 Å². The Morgan fingerprint density at radius 2 is 2.10 bits per heavy atom. The Morgan fingerprint density at radius 3 is 2.80 bits per heavy atom. The van der Waals surface area contributed by atoms with E-state index >= 15 is 0 Å². The van der Waals surface area contributed by atoms with Crippen molar-refractivity contribution in [3.63, 3.8) is 0 Å². The number of hydrazine groups is 1.